The van der Waals surface area contributed by atoms with E-state index in [1.54, 1.807) is 6.33 Å². The lowest BCUT2D eigenvalue weighted by atomic mass is 9.87. The van der Waals surface area contributed by atoms with Gasteiger partial charge in [-0.2, -0.15) is 0 Å². The summed E-state index contributed by atoms with van der Waals surface area (Å²) in [7, 11) is 0. The molecule has 0 radical (unpaired) electrons. The Bertz CT molecular complexity index is 994. The number of aromatic amines is 1. The number of carbonyl (C=O) groups is 1. The summed E-state index contributed by atoms with van der Waals surface area (Å²) in [5.41, 5.74) is 6.07. The molecule has 0 spiro atoms. The van der Waals surface area contributed by atoms with Crippen molar-refractivity contribution in [2.24, 2.45) is 0 Å². The van der Waals surface area contributed by atoms with Gasteiger partial charge in [0.2, 0.25) is 0 Å². The van der Waals surface area contributed by atoms with E-state index < -0.39 is 0 Å². The number of nitrogens with one attached hydrogen (secondary N) is 1. The number of carbonyl (C=O) groups excluding carboxylic acids is 1. The van der Waals surface area contributed by atoms with Gasteiger partial charge < -0.3 is 15.0 Å². The highest BCUT2D eigenvalue weighted by molar-refractivity contribution is 5.97. The average Bonchev–Trinajstić information content (AvgIpc) is 3.30. The SMILES string of the molecule is O=C(c1ccc2[nH]cnc2c1)N1CCCC2c3cc(CO)ccc3CC21. The highest BCUT2D eigenvalue weighted by atomic mass is 16.3. The molecule has 1 amide bonds. The number of hydrogen-bond acceptors (Lipinski definition) is 3. The summed E-state index contributed by atoms with van der Waals surface area (Å²) < 4.78 is 0. The zero-order valence-electron chi connectivity index (χ0n) is 14.5. The van der Waals surface area contributed by atoms with E-state index in [1.807, 2.05) is 24.3 Å². The number of piperidine rings is 1. The van der Waals surface area contributed by atoms with E-state index in [1.165, 1.54) is 11.1 Å². The fraction of sp³-hybridized carbons (Fsp3) is 0.333. The Hall–Kier alpha value is -2.66. The van der Waals surface area contributed by atoms with Crippen LogP contribution in [0.1, 0.15) is 45.8 Å². The number of benzene rings is 2. The van der Waals surface area contributed by atoms with Crippen molar-refractivity contribution in [1.82, 2.24) is 14.9 Å². The monoisotopic (exact) mass is 347 g/mol. The third-order valence-corrected chi connectivity index (χ3v) is 5.93. The first-order valence-electron chi connectivity index (χ1n) is 9.21. The van der Waals surface area contributed by atoms with Gasteiger partial charge in [0.05, 0.1) is 24.0 Å². The van der Waals surface area contributed by atoms with Gasteiger partial charge in [-0.1, -0.05) is 18.2 Å². The molecule has 5 rings (SSSR count). The van der Waals surface area contributed by atoms with Crippen LogP contribution < -0.4 is 0 Å². The fourth-order valence-electron chi connectivity index (χ4n) is 4.65. The van der Waals surface area contributed by atoms with E-state index in [0.29, 0.717) is 11.5 Å². The Morgan fingerprint density at radius 1 is 1.27 bits per heavy atom. The molecule has 1 aliphatic heterocycles. The number of imidazole rings is 1. The van der Waals surface area contributed by atoms with Gasteiger partial charge in [0.15, 0.2) is 0 Å². The Balaban J connectivity index is 1.47. The summed E-state index contributed by atoms with van der Waals surface area (Å²) in [6, 6.07) is 12.2. The largest absolute Gasteiger partial charge is 0.392 e. The van der Waals surface area contributed by atoms with Crippen molar-refractivity contribution in [3.05, 3.63) is 65.0 Å². The van der Waals surface area contributed by atoms with Crippen LogP contribution in [0.15, 0.2) is 42.7 Å². The molecule has 2 unspecified atom stereocenters. The summed E-state index contributed by atoms with van der Waals surface area (Å²) in [4.78, 5) is 22.6. The molecule has 26 heavy (non-hydrogen) atoms. The standard InChI is InChI=1S/C21H21N3O2/c25-11-13-3-4-14-10-20-16(17(14)8-13)2-1-7-24(20)21(26)15-5-6-18-19(9-15)23-12-22-18/h3-6,8-9,12,16,20,25H,1-2,7,10-11H2,(H,22,23). The Labute approximate surface area is 151 Å². The highest BCUT2D eigenvalue weighted by Gasteiger charge is 2.40. The van der Waals surface area contributed by atoms with E-state index >= 15 is 0 Å². The van der Waals surface area contributed by atoms with Crippen LogP contribution in [-0.2, 0) is 13.0 Å². The molecule has 5 heteroatoms. The number of amides is 1. The second-order valence-electron chi connectivity index (χ2n) is 7.34. The van der Waals surface area contributed by atoms with Crippen LogP contribution in [0.5, 0.6) is 0 Å². The summed E-state index contributed by atoms with van der Waals surface area (Å²) >= 11 is 0. The van der Waals surface area contributed by atoms with Crippen LogP contribution in [0, 0.1) is 0 Å². The van der Waals surface area contributed by atoms with E-state index in [2.05, 4.69) is 27.0 Å². The van der Waals surface area contributed by atoms with Crippen molar-refractivity contribution in [3.63, 3.8) is 0 Å². The van der Waals surface area contributed by atoms with Crippen molar-refractivity contribution in [1.29, 1.82) is 0 Å². The first kappa shape index (κ1) is 15.6. The molecular formula is C21H21N3O2. The van der Waals surface area contributed by atoms with Crippen molar-refractivity contribution in [3.8, 4) is 0 Å². The molecule has 1 aliphatic carbocycles. The third-order valence-electron chi connectivity index (χ3n) is 5.93. The zero-order valence-corrected chi connectivity index (χ0v) is 14.5. The number of aromatic nitrogens is 2. The van der Waals surface area contributed by atoms with Crippen LogP contribution in [0.25, 0.3) is 11.0 Å². The molecule has 2 heterocycles. The molecule has 1 fully saturated rings. The number of likely N-dealkylation sites (tertiary alicyclic amines) is 1. The Kier molecular flexibility index (Phi) is 3.57. The van der Waals surface area contributed by atoms with Crippen molar-refractivity contribution >= 4 is 16.9 Å². The van der Waals surface area contributed by atoms with Crippen LogP contribution in [0.3, 0.4) is 0 Å². The molecule has 2 aromatic carbocycles. The molecule has 3 aromatic rings. The molecule has 132 valence electrons. The summed E-state index contributed by atoms with van der Waals surface area (Å²) in [5, 5.41) is 9.45. The number of aliphatic hydroxyl groups is 1. The van der Waals surface area contributed by atoms with Crippen LogP contribution in [0.2, 0.25) is 0 Å². The molecular weight excluding hydrogens is 326 g/mol. The number of aliphatic hydroxyl groups excluding tert-OH is 1. The van der Waals surface area contributed by atoms with Crippen LogP contribution >= 0.6 is 0 Å². The quantitative estimate of drug-likeness (QED) is 0.749. The average molecular weight is 347 g/mol. The minimum Gasteiger partial charge on any atom is -0.392 e. The van der Waals surface area contributed by atoms with E-state index in [9.17, 15) is 9.90 Å². The lowest BCUT2D eigenvalue weighted by molar-refractivity contribution is 0.0595. The Morgan fingerprint density at radius 3 is 3.08 bits per heavy atom. The fourth-order valence-corrected chi connectivity index (χ4v) is 4.65. The maximum Gasteiger partial charge on any atom is 0.254 e. The maximum absolute atomic E-state index is 13.2. The molecule has 1 saturated heterocycles. The Morgan fingerprint density at radius 2 is 2.19 bits per heavy atom. The number of hydrogen-bond donors (Lipinski definition) is 2. The van der Waals surface area contributed by atoms with E-state index in [0.717, 1.165) is 42.4 Å². The normalized spacial score (nSPS) is 21.7. The molecule has 2 aliphatic rings. The molecule has 0 bridgehead atoms. The number of nitrogens with zero attached hydrogens (tertiary/aromatic N) is 2. The van der Waals surface area contributed by atoms with Crippen molar-refractivity contribution in [2.45, 2.75) is 37.8 Å². The van der Waals surface area contributed by atoms with Gasteiger partial charge in [-0.15, -0.1) is 0 Å². The molecule has 1 aromatic heterocycles. The van der Waals surface area contributed by atoms with Gasteiger partial charge in [0.25, 0.3) is 5.91 Å². The van der Waals surface area contributed by atoms with Gasteiger partial charge in [-0.25, -0.2) is 4.98 Å². The van der Waals surface area contributed by atoms with E-state index in [4.69, 9.17) is 0 Å². The highest BCUT2D eigenvalue weighted by Crippen LogP contribution is 2.43. The van der Waals surface area contributed by atoms with Crippen LogP contribution in [-0.4, -0.2) is 38.5 Å². The lowest BCUT2D eigenvalue weighted by Crippen LogP contribution is -2.46. The molecule has 5 nitrogen and oxygen atoms in total. The minimum atomic E-state index is 0.0665. The van der Waals surface area contributed by atoms with Gasteiger partial charge in [0, 0.05) is 24.1 Å². The van der Waals surface area contributed by atoms with E-state index in [-0.39, 0.29) is 18.6 Å². The van der Waals surface area contributed by atoms with Crippen molar-refractivity contribution in [2.75, 3.05) is 6.54 Å². The zero-order chi connectivity index (χ0) is 17.7. The first-order chi connectivity index (χ1) is 12.7. The van der Waals surface area contributed by atoms with Gasteiger partial charge in [0.1, 0.15) is 0 Å². The summed E-state index contributed by atoms with van der Waals surface area (Å²) in [6.45, 7) is 0.871. The topological polar surface area (TPSA) is 69.2 Å². The summed E-state index contributed by atoms with van der Waals surface area (Å²) in [6.07, 6.45) is 4.68. The predicted octanol–water partition coefficient (Wildman–Crippen LogP) is 3.00. The van der Waals surface area contributed by atoms with Gasteiger partial charge in [-0.3, -0.25) is 4.79 Å². The maximum atomic E-state index is 13.2. The van der Waals surface area contributed by atoms with Crippen LogP contribution in [0.4, 0.5) is 0 Å². The second-order valence-corrected chi connectivity index (χ2v) is 7.34. The lowest BCUT2D eigenvalue weighted by Gasteiger charge is -2.38. The molecule has 2 N–H and O–H groups in total. The number of rotatable bonds is 2. The predicted molar refractivity (Wildman–Crippen MR) is 99.0 cm³/mol. The third kappa shape index (κ3) is 2.35. The van der Waals surface area contributed by atoms with Gasteiger partial charge in [-0.05, 0) is 54.2 Å². The van der Waals surface area contributed by atoms with Gasteiger partial charge >= 0.3 is 0 Å². The van der Waals surface area contributed by atoms with Crippen molar-refractivity contribution < 1.29 is 9.90 Å². The summed E-state index contributed by atoms with van der Waals surface area (Å²) in [5.74, 6) is 0.475. The number of H-pyrrole nitrogens is 1. The number of fused-ring (bicyclic) bond motifs is 4. The second kappa shape index (κ2) is 5.95. The minimum absolute atomic E-state index is 0.0665. The first-order valence-corrected chi connectivity index (χ1v) is 9.21. The molecule has 0 saturated carbocycles. The molecule has 2 atom stereocenters. The smallest absolute Gasteiger partial charge is 0.254 e.